The zero-order chi connectivity index (χ0) is 12.0. The Kier molecular flexibility index (Phi) is 5.77. The molecule has 1 rings (SSSR count). The highest BCUT2D eigenvalue weighted by atomic mass is 16.3. The number of likely N-dealkylation sites (tertiary alicyclic amines) is 1. The number of nitrogens with one attached hydrogen (secondary N) is 1. The fourth-order valence-electron chi connectivity index (χ4n) is 2.10. The molecule has 0 aromatic rings. The fraction of sp³-hybridized carbons (Fsp3) is 0.917. The third-order valence-corrected chi connectivity index (χ3v) is 3.11. The predicted molar refractivity (Wildman–Crippen MR) is 64.2 cm³/mol. The number of likely N-dealkylation sites (N-methyl/N-ethyl adjacent to an activating group) is 1. The van der Waals surface area contributed by atoms with Crippen LogP contribution in [0.15, 0.2) is 0 Å². The van der Waals surface area contributed by atoms with Crippen LogP contribution in [0.2, 0.25) is 0 Å². The zero-order valence-corrected chi connectivity index (χ0v) is 10.4. The van der Waals surface area contributed by atoms with Crippen LogP contribution in [0.3, 0.4) is 0 Å². The van der Waals surface area contributed by atoms with Gasteiger partial charge in [0.1, 0.15) is 0 Å². The van der Waals surface area contributed by atoms with Crippen LogP contribution in [0, 0.1) is 0 Å². The highest BCUT2D eigenvalue weighted by Gasteiger charge is 2.19. The summed E-state index contributed by atoms with van der Waals surface area (Å²) < 4.78 is 0. The SMILES string of the molecule is CCN1CCCC(NC(=O)CCC(C)O)C1. The van der Waals surface area contributed by atoms with Gasteiger partial charge in [0.25, 0.3) is 0 Å². The van der Waals surface area contributed by atoms with E-state index in [0.29, 0.717) is 18.9 Å². The van der Waals surface area contributed by atoms with Gasteiger partial charge in [-0.05, 0) is 39.3 Å². The summed E-state index contributed by atoms with van der Waals surface area (Å²) >= 11 is 0. The van der Waals surface area contributed by atoms with E-state index in [1.165, 1.54) is 0 Å². The summed E-state index contributed by atoms with van der Waals surface area (Å²) in [6.45, 7) is 7.04. The topological polar surface area (TPSA) is 52.6 Å². The van der Waals surface area contributed by atoms with E-state index < -0.39 is 0 Å². The summed E-state index contributed by atoms with van der Waals surface area (Å²) in [7, 11) is 0. The molecule has 1 aliphatic heterocycles. The molecule has 1 fully saturated rings. The predicted octanol–water partition coefficient (Wildman–Crippen LogP) is 0.748. The first-order valence-corrected chi connectivity index (χ1v) is 6.31. The lowest BCUT2D eigenvalue weighted by atomic mass is 10.1. The van der Waals surface area contributed by atoms with Crippen LogP contribution in [0.4, 0.5) is 0 Å². The molecule has 94 valence electrons. The number of hydrogen-bond acceptors (Lipinski definition) is 3. The Morgan fingerprint density at radius 3 is 3.00 bits per heavy atom. The normalized spacial score (nSPS) is 24.1. The van der Waals surface area contributed by atoms with Crippen LogP contribution in [0.1, 0.15) is 39.5 Å². The van der Waals surface area contributed by atoms with Crippen LogP contribution < -0.4 is 5.32 Å². The Morgan fingerprint density at radius 2 is 2.38 bits per heavy atom. The first-order valence-electron chi connectivity index (χ1n) is 6.31. The number of aliphatic hydroxyl groups excluding tert-OH is 1. The lowest BCUT2D eigenvalue weighted by Gasteiger charge is -2.32. The molecule has 1 aliphatic rings. The Morgan fingerprint density at radius 1 is 1.62 bits per heavy atom. The van der Waals surface area contributed by atoms with Gasteiger partial charge in [-0.15, -0.1) is 0 Å². The molecule has 0 aromatic carbocycles. The molecule has 2 N–H and O–H groups in total. The van der Waals surface area contributed by atoms with Gasteiger partial charge in [-0.1, -0.05) is 6.92 Å². The van der Waals surface area contributed by atoms with Gasteiger partial charge in [-0.2, -0.15) is 0 Å². The maximum Gasteiger partial charge on any atom is 0.220 e. The van der Waals surface area contributed by atoms with E-state index in [1.807, 2.05) is 0 Å². The summed E-state index contributed by atoms with van der Waals surface area (Å²) in [4.78, 5) is 13.9. The number of rotatable bonds is 5. The minimum atomic E-state index is -0.385. The van der Waals surface area contributed by atoms with E-state index in [9.17, 15) is 4.79 Å². The van der Waals surface area contributed by atoms with Gasteiger partial charge in [-0.3, -0.25) is 4.79 Å². The lowest BCUT2D eigenvalue weighted by molar-refractivity contribution is -0.122. The smallest absolute Gasteiger partial charge is 0.220 e. The van der Waals surface area contributed by atoms with Crippen molar-refractivity contribution in [2.45, 2.75) is 51.7 Å². The first kappa shape index (κ1) is 13.5. The average molecular weight is 228 g/mol. The average Bonchev–Trinajstić information content (AvgIpc) is 2.26. The minimum absolute atomic E-state index is 0.0730. The van der Waals surface area contributed by atoms with Gasteiger partial charge < -0.3 is 15.3 Å². The minimum Gasteiger partial charge on any atom is -0.393 e. The Hall–Kier alpha value is -0.610. The van der Waals surface area contributed by atoms with Crippen molar-refractivity contribution in [2.24, 2.45) is 0 Å². The molecule has 0 aromatic heterocycles. The molecule has 2 atom stereocenters. The molecule has 1 saturated heterocycles. The number of hydrogen-bond donors (Lipinski definition) is 2. The van der Waals surface area contributed by atoms with Crippen LogP contribution in [0.25, 0.3) is 0 Å². The van der Waals surface area contributed by atoms with Gasteiger partial charge in [0.05, 0.1) is 6.10 Å². The maximum absolute atomic E-state index is 11.6. The summed E-state index contributed by atoms with van der Waals surface area (Å²) in [6.07, 6.45) is 2.84. The van der Waals surface area contributed by atoms with Crippen molar-refractivity contribution in [3.8, 4) is 0 Å². The standard InChI is InChI=1S/C12H24N2O2/c1-3-14-8-4-5-11(9-14)13-12(16)7-6-10(2)15/h10-11,15H,3-9H2,1-2H3,(H,13,16). The fourth-order valence-corrected chi connectivity index (χ4v) is 2.10. The number of carbonyl (C=O) groups is 1. The summed E-state index contributed by atoms with van der Waals surface area (Å²) in [6, 6.07) is 0.301. The molecule has 0 aliphatic carbocycles. The van der Waals surface area contributed by atoms with Gasteiger partial charge in [0.15, 0.2) is 0 Å². The van der Waals surface area contributed by atoms with Gasteiger partial charge >= 0.3 is 0 Å². The quantitative estimate of drug-likeness (QED) is 0.730. The molecule has 0 saturated carbocycles. The Bertz CT molecular complexity index is 219. The third-order valence-electron chi connectivity index (χ3n) is 3.11. The van der Waals surface area contributed by atoms with Crippen molar-refractivity contribution in [3.63, 3.8) is 0 Å². The van der Waals surface area contributed by atoms with Crippen LogP contribution in [0.5, 0.6) is 0 Å². The third kappa shape index (κ3) is 4.94. The highest BCUT2D eigenvalue weighted by Crippen LogP contribution is 2.09. The summed E-state index contributed by atoms with van der Waals surface area (Å²) in [5, 5.41) is 12.1. The molecule has 16 heavy (non-hydrogen) atoms. The molecule has 0 radical (unpaired) electrons. The van der Waals surface area contributed by atoms with Crippen LogP contribution in [-0.4, -0.2) is 47.7 Å². The molecule has 4 nitrogen and oxygen atoms in total. The largest absolute Gasteiger partial charge is 0.393 e. The monoisotopic (exact) mass is 228 g/mol. The van der Waals surface area contributed by atoms with Crippen LogP contribution in [-0.2, 0) is 4.79 Å². The molecule has 0 bridgehead atoms. The van der Waals surface area contributed by atoms with E-state index in [1.54, 1.807) is 6.92 Å². The number of nitrogens with zero attached hydrogens (tertiary/aromatic N) is 1. The Labute approximate surface area is 98.0 Å². The lowest BCUT2D eigenvalue weighted by Crippen LogP contribution is -2.47. The van der Waals surface area contributed by atoms with Crippen molar-refractivity contribution in [2.75, 3.05) is 19.6 Å². The number of amides is 1. The maximum atomic E-state index is 11.6. The number of carbonyl (C=O) groups excluding carboxylic acids is 1. The molecular formula is C12H24N2O2. The summed E-state index contributed by atoms with van der Waals surface area (Å²) in [5.41, 5.74) is 0. The number of piperidine rings is 1. The van der Waals surface area contributed by atoms with Crippen molar-refractivity contribution in [3.05, 3.63) is 0 Å². The van der Waals surface area contributed by atoms with Crippen molar-refractivity contribution in [1.82, 2.24) is 10.2 Å². The molecule has 1 heterocycles. The second-order valence-corrected chi connectivity index (χ2v) is 4.69. The highest BCUT2D eigenvalue weighted by molar-refractivity contribution is 5.76. The Balaban J connectivity index is 2.22. The molecule has 0 spiro atoms. The summed E-state index contributed by atoms with van der Waals surface area (Å²) in [5.74, 6) is 0.0730. The molecule has 4 heteroatoms. The number of aliphatic hydroxyl groups is 1. The molecule has 2 unspecified atom stereocenters. The second-order valence-electron chi connectivity index (χ2n) is 4.69. The van der Waals surface area contributed by atoms with Crippen molar-refractivity contribution in [1.29, 1.82) is 0 Å². The van der Waals surface area contributed by atoms with E-state index in [0.717, 1.165) is 32.5 Å². The van der Waals surface area contributed by atoms with E-state index in [4.69, 9.17) is 5.11 Å². The molecule has 1 amide bonds. The van der Waals surface area contributed by atoms with Crippen molar-refractivity contribution < 1.29 is 9.90 Å². The van der Waals surface area contributed by atoms with E-state index >= 15 is 0 Å². The van der Waals surface area contributed by atoms with Crippen LogP contribution >= 0.6 is 0 Å². The van der Waals surface area contributed by atoms with E-state index in [-0.39, 0.29) is 12.0 Å². The van der Waals surface area contributed by atoms with Gasteiger partial charge in [-0.25, -0.2) is 0 Å². The molecular weight excluding hydrogens is 204 g/mol. The van der Waals surface area contributed by atoms with Crippen molar-refractivity contribution >= 4 is 5.91 Å². The first-order chi connectivity index (χ1) is 7.61. The van der Waals surface area contributed by atoms with Gasteiger partial charge in [0.2, 0.25) is 5.91 Å². The zero-order valence-electron chi connectivity index (χ0n) is 10.4. The second kappa shape index (κ2) is 6.86. The van der Waals surface area contributed by atoms with E-state index in [2.05, 4.69) is 17.1 Å². The van der Waals surface area contributed by atoms with Gasteiger partial charge in [0, 0.05) is 19.0 Å².